The maximum atomic E-state index is 5.87. The Morgan fingerprint density at radius 3 is 2.29 bits per heavy atom. The normalized spacial score (nSPS) is 25.9. The zero-order valence-electron chi connectivity index (χ0n) is 7.95. The van der Waals surface area contributed by atoms with Crippen LogP contribution in [0.1, 0.15) is 30.7 Å². The first kappa shape index (κ1) is 11.8. The minimum absolute atomic E-state index is 0. The molecule has 0 bridgehead atoms. The molecule has 0 amide bonds. The number of hydrogen-bond donors (Lipinski definition) is 1. The molecular weight excluding hydrogens is 217 g/mol. The smallest absolute Gasteiger partial charge is 0.0406 e. The van der Waals surface area contributed by atoms with Gasteiger partial charge in [-0.25, -0.2) is 0 Å². The molecule has 1 saturated carbocycles. The van der Waals surface area contributed by atoms with Gasteiger partial charge in [0.2, 0.25) is 0 Å². The molecule has 78 valence electrons. The summed E-state index contributed by atoms with van der Waals surface area (Å²) in [6.07, 6.45) is 3.51. The average molecular weight is 232 g/mol. The summed E-state index contributed by atoms with van der Waals surface area (Å²) in [5.41, 5.74) is 7.25. The van der Waals surface area contributed by atoms with Crippen molar-refractivity contribution >= 4 is 24.0 Å². The summed E-state index contributed by atoms with van der Waals surface area (Å²) < 4.78 is 0. The zero-order chi connectivity index (χ0) is 9.26. The quantitative estimate of drug-likeness (QED) is 0.789. The van der Waals surface area contributed by atoms with Crippen LogP contribution >= 0.6 is 24.0 Å². The molecule has 2 rings (SSSR count). The molecule has 0 saturated heterocycles. The summed E-state index contributed by atoms with van der Waals surface area (Å²) >= 11 is 5.82. The largest absolute Gasteiger partial charge is 0.328 e. The Morgan fingerprint density at radius 2 is 1.79 bits per heavy atom. The molecule has 0 radical (unpaired) electrons. The van der Waals surface area contributed by atoms with E-state index in [2.05, 4.69) is 12.1 Å². The van der Waals surface area contributed by atoms with Crippen LogP contribution in [0, 0.1) is 0 Å². The van der Waals surface area contributed by atoms with E-state index in [1.54, 1.807) is 0 Å². The van der Waals surface area contributed by atoms with E-state index in [0.29, 0.717) is 12.0 Å². The minimum Gasteiger partial charge on any atom is -0.328 e. The van der Waals surface area contributed by atoms with E-state index in [0.717, 1.165) is 17.9 Å². The Balaban J connectivity index is 0.000000980. The fourth-order valence-electron chi connectivity index (χ4n) is 2.05. The molecular formula is C11H15Cl2N. The Bertz CT molecular complexity index is 284. The highest BCUT2D eigenvalue weighted by Gasteiger charge is 2.22. The maximum Gasteiger partial charge on any atom is 0.0406 e. The van der Waals surface area contributed by atoms with Crippen LogP contribution in [0.2, 0.25) is 5.02 Å². The minimum atomic E-state index is 0. The van der Waals surface area contributed by atoms with Crippen molar-refractivity contribution in [3.63, 3.8) is 0 Å². The van der Waals surface area contributed by atoms with Crippen LogP contribution in [0.3, 0.4) is 0 Å². The standard InChI is InChI=1S/C11H14ClN.ClH/c12-10-4-1-8(2-5-10)9-3-6-11(13)7-9;/h1-2,4-5,9,11H,3,6-7,13H2;1H. The van der Waals surface area contributed by atoms with Gasteiger partial charge < -0.3 is 5.73 Å². The second-order valence-corrected chi connectivity index (χ2v) is 4.26. The van der Waals surface area contributed by atoms with Crippen molar-refractivity contribution in [3.8, 4) is 0 Å². The van der Waals surface area contributed by atoms with Crippen LogP contribution in [0.5, 0.6) is 0 Å². The molecule has 2 atom stereocenters. The molecule has 14 heavy (non-hydrogen) atoms. The van der Waals surface area contributed by atoms with Crippen molar-refractivity contribution in [1.82, 2.24) is 0 Å². The Kier molecular flexibility index (Phi) is 4.24. The fraction of sp³-hybridized carbons (Fsp3) is 0.455. The van der Waals surface area contributed by atoms with E-state index in [-0.39, 0.29) is 12.4 Å². The second-order valence-electron chi connectivity index (χ2n) is 3.82. The van der Waals surface area contributed by atoms with Gasteiger partial charge >= 0.3 is 0 Å². The number of nitrogens with two attached hydrogens (primary N) is 1. The molecule has 1 nitrogen and oxygen atoms in total. The van der Waals surface area contributed by atoms with E-state index in [4.69, 9.17) is 17.3 Å². The number of rotatable bonds is 1. The lowest BCUT2D eigenvalue weighted by Gasteiger charge is -2.09. The first-order valence-corrected chi connectivity index (χ1v) is 5.14. The number of benzene rings is 1. The molecule has 3 heteroatoms. The summed E-state index contributed by atoms with van der Waals surface area (Å²) in [6, 6.07) is 8.55. The molecule has 0 heterocycles. The predicted octanol–water partition coefficient (Wildman–Crippen LogP) is 3.36. The van der Waals surface area contributed by atoms with Crippen molar-refractivity contribution in [3.05, 3.63) is 34.9 Å². The van der Waals surface area contributed by atoms with Crippen molar-refractivity contribution in [2.24, 2.45) is 5.73 Å². The molecule has 0 aromatic heterocycles. The van der Waals surface area contributed by atoms with Gasteiger partial charge in [-0.3, -0.25) is 0 Å². The molecule has 2 N–H and O–H groups in total. The van der Waals surface area contributed by atoms with E-state index in [1.165, 1.54) is 12.0 Å². The van der Waals surface area contributed by atoms with Crippen LogP contribution in [-0.2, 0) is 0 Å². The van der Waals surface area contributed by atoms with Gasteiger partial charge in [0.1, 0.15) is 0 Å². The summed E-state index contributed by atoms with van der Waals surface area (Å²) in [7, 11) is 0. The van der Waals surface area contributed by atoms with Gasteiger partial charge in [-0.05, 0) is 42.9 Å². The van der Waals surface area contributed by atoms with Crippen LogP contribution < -0.4 is 5.73 Å². The molecule has 0 aliphatic heterocycles. The molecule has 1 aliphatic rings. The number of halogens is 2. The third-order valence-corrected chi connectivity index (χ3v) is 3.07. The highest BCUT2D eigenvalue weighted by atomic mass is 35.5. The highest BCUT2D eigenvalue weighted by Crippen LogP contribution is 2.33. The molecule has 1 aromatic rings. The third kappa shape index (κ3) is 2.63. The van der Waals surface area contributed by atoms with E-state index >= 15 is 0 Å². The summed E-state index contributed by atoms with van der Waals surface area (Å²) in [5, 5.41) is 0.811. The van der Waals surface area contributed by atoms with E-state index < -0.39 is 0 Å². The van der Waals surface area contributed by atoms with E-state index in [1.807, 2.05) is 12.1 Å². The van der Waals surface area contributed by atoms with E-state index in [9.17, 15) is 0 Å². The van der Waals surface area contributed by atoms with Crippen molar-refractivity contribution < 1.29 is 0 Å². The maximum absolute atomic E-state index is 5.87. The van der Waals surface area contributed by atoms with Gasteiger partial charge in [0.15, 0.2) is 0 Å². The van der Waals surface area contributed by atoms with Gasteiger partial charge in [0, 0.05) is 11.1 Å². The van der Waals surface area contributed by atoms with Crippen LogP contribution in [-0.4, -0.2) is 6.04 Å². The Hall–Kier alpha value is -0.240. The lowest BCUT2D eigenvalue weighted by molar-refractivity contribution is 0.675. The molecule has 1 aliphatic carbocycles. The number of hydrogen-bond acceptors (Lipinski definition) is 1. The Labute approximate surface area is 96.0 Å². The van der Waals surface area contributed by atoms with Gasteiger partial charge in [0.05, 0.1) is 0 Å². The highest BCUT2D eigenvalue weighted by molar-refractivity contribution is 6.30. The first-order valence-electron chi connectivity index (χ1n) is 4.77. The molecule has 1 fully saturated rings. The van der Waals surface area contributed by atoms with Gasteiger partial charge in [-0.2, -0.15) is 0 Å². The van der Waals surface area contributed by atoms with Crippen molar-refractivity contribution in [1.29, 1.82) is 0 Å². The van der Waals surface area contributed by atoms with Gasteiger partial charge in [0.25, 0.3) is 0 Å². The predicted molar refractivity (Wildman–Crippen MR) is 63.3 cm³/mol. The first-order chi connectivity index (χ1) is 6.25. The van der Waals surface area contributed by atoms with Crippen LogP contribution in [0.25, 0.3) is 0 Å². The second kappa shape index (κ2) is 5.01. The summed E-state index contributed by atoms with van der Waals surface area (Å²) in [6.45, 7) is 0. The van der Waals surface area contributed by atoms with Crippen LogP contribution in [0.15, 0.2) is 24.3 Å². The summed E-state index contributed by atoms with van der Waals surface area (Å²) in [4.78, 5) is 0. The zero-order valence-corrected chi connectivity index (χ0v) is 9.52. The van der Waals surface area contributed by atoms with Gasteiger partial charge in [-0.1, -0.05) is 23.7 Å². The van der Waals surface area contributed by atoms with Crippen molar-refractivity contribution in [2.75, 3.05) is 0 Å². The van der Waals surface area contributed by atoms with Crippen LogP contribution in [0.4, 0.5) is 0 Å². The monoisotopic (exact) mass is 231 g/mol. The SMILES string of the molecule is Cl.NC1CCC(c2ccc(Cl)cc2)C1. The lowest BCUT2D eigenvalue weighted by atomic mass is 9.98. The molecule has 2 unspecified atom stereocenters. The van der Waals surface area contributed by atoms with Crippen molar-refractivity contribution in [2.45, 2.75) is 31.2 Å². The van der Waals surface area contributed by atoms with Gasteiger partial charge in [-0.15, -0.1) is 12.4 Å². The molecule has 0 spiro atoms. The Morgan fingerprint density at radius 1 is 1.14 bits per heavy atom. The average Bonchev–Trinajstić information content (AvgIpc) is 2.53. The lowest BCUT2D eigenvalue weighted by Crippen LogP contribution is -2.14. The third-order valence-electron chi connectivity index (χ3n) is 2.81. The topological polar surface area (TPSA) is 26.0 Å². The summed E-state index contributed by atoms with van der Waals surface area (Å²) in [5.74, 6) is 0.660. The fourth-order valence-corrected chi connectivity index (χ4v) is 2.18. The molecule has 1 aromatic carbocycles.